The lowest BCUT2D eigenvalue weighted by atomic mass is 10.00. The van der Waals surface area contributed by atoms with Crippen LogP contribution in [0.1, 0.15) is 20.3 Å². The van der Waals surface area contributed by atoms with Gasteiger partial charge in [0.2, 0.25) is 0 Å². The van der Waals surface area contributed by atoms with Gasteiger partial charge in [0.05, 0.1) is 12.8 Å². The van der Waals surface area contributed by atoms with Crippen molar-refractivity contribution in [1.29, 1.82) is 0 Å². The molecular formula is C12H19N3O2S. The average Bonchev–Trinajstić information content (AvgIpc) is 2.40. The molecule has 1 atom stereocenters. The third-order valence-electron chi connectivity index (χ3n) is 2.67. The Balaban J connectivity index is 2.46. The van der Waals surface area contributed by atoms with E-state index in [9.17, 15) is 4.79 Å². The Bertz CT molecular complexity index is 375. The van der Waals surface area contributed by atoms with Gasteiger partial charge in [0.15, 0.2) is 0 Å². The second-order valence-corrected chi connectivity index (χ2v) is 5.06. The number of carbonyl (C=O) groups excluding carboxylic acids is 1. The first-order chi connectivity index (χ1) is 8.62. The van der Waals surface area contributed by atoms with E-state index in [4.69, 9.17) is 4.74 Å². The Morgan fingerprint density at radius 2 is 2.33 bits per heavy atom. The molecule has 1 heterocycles. The topological polar surface area (TPSA) is 64.1 Å². The lowest BCUT2D eigenvalue weighted by Gasteiger charge is -2.26. The Morgan fingerprint density at radius 1 is 1.56 bits per heavy atom. The summed E-state index contributed by atoms with van der Waals surface area (Å²) >= 11 is 1.58. The summed E-state index contributed by atoms with van der Waals surface area (Å²) in [5.41, 5.74) is -0.648. The molecular weight excluding hydrogens is 250 g/mol. The van der Waals surface area contributed by atoms with Gasteiger partial charge < -0.3 is 10.1 Å². The van der Waals surface area contributed by atoms with Crippen LogP contribution in [0.3, 0.4) is 0 Å². The molecule has 0 amide bonds. The maximum atomic E-state index is 11.8. The highest BCUT2D eigenvalue weighted by molar-refractivity contribution is 7.99. The lowest BCUT2D eigenvalue weighted by molar-refractivity contribution is -0.150. The van der Waals surface area contributed by atoms with E-state index in [-0.39, 0.29) is 5.97 Å². The van der Waals surface area contributed by atoms with Gasteiger partial charge in [-0.3, -0.25) is 9.78 Å². The highest BCUT2D eigenvalue weighted by atomic mass is 32.2. The van der Waals surface area contributed by atoms with E-state index in [1.54, 1.807) is 37.4 Å². The fourth-order valence-electron chi connectivity index (χ4n) is 1.34. The summed E-state index contributed by atoms with van der Waals surface area (Å²) in [5.74, 6) is 0.557. The van der Waals surface area contributed by atoms with Crippen LogP contribution in [0.4, 0.5) is 0 Å². The predicted molar refractivity (Wildman–Crippen MR) is 71.5 cm³/mol. The van der Waals surface area contributed by atoms with Crippen molar-refractivity contribution >= 4 is 17.7 Å². The van der Waals surface area contributed by atoms with E-state index in [1.165, 1.54) is 0 Å². The molecule has 5 nitrogen and oxygen atoms in total. The van der Waals surface area contributed by atoms with Crippen LogP contribution in [-0.4, -0.2) is 40.9 Å². The van der Waals surface area contributed by atoms with Crippen LogP contribution < -0.4 is 5.32 Å². The molecule has 1 aromatic heterocycles. The number of hydrogen-bond acceptors (Lipinski definition) is 6. The summed E-state index contributed by atoms with van der Waals surface area (Å²) in [6.45, 7) is 4.05. The summed E-state index contributed by atoms with van der Waals surface area (Å²) in [6.07, 6.45) is 5.68. The number of nitrogens with one attached hydrogen (secondary N) is 1. The van der Waals surface area contributed by atoms with E-state index in [0.717, 1.165) is 10.8 Å². The standard InChI is InChI=1S/C12H19N3O2S/c1-4-17-11(16)12(2,13-3)5-8-18-10-9-14-6-7-15-10/h6-7,9,13H,4-5,8H2,1-3H3. The molecule has 0 aliphatic rings. The average molecular weight is 269 g/mol. The van der Waals surface area contributed by atoms with Crippen molar-refractivity contribution in [2.75, 3.05) is 19.4 Å². The van der Waals surface area contributed by atoms with Gasteiger partial charge in [0.25, 0.3) is 0 Å². The van der Waals surface area contributed by atoms with Crippen molar-refractivity contribution in [3.63, 3.8) is 0 Å². The maximum Gasteiger partial charge on any atom is 0.326 e. The Morgan fingerprint density at radius 3 is 2.89 bits per heavy atom. The van der Waals surface area contributed by atoms with Crippen molar-refractivity contribution in [2.45, 2.75) is 30.8 Å². The highest BCUT2D eigenvalue weighted by Crippen LogP contribution is 2.20. The maximum absolute atomic E-state index is 11.8. The van der Waals surface area contributed by atoms with Gasteiger partial charge in [0.1, 0.15) is 10.6 Å². The summed E-state index contributed by atoms with van der Waals surface area (Å²) in [6, 6.07) is 0. The fraction of sp³-hybridized carbons (Fsp3) is 0.583. The van der Waals surface area contributed by atoms with Gasteiger partial charge in [-0.15, -0.1) is 11.8 Å². The zero-order chi connectivity index (χ0) is 13.4. The number of carbonyl (C=O) groups is 1. The number of esters is 1. The predicted octanol–water partition coefficient (Wildman–Crippen LogP) is 1.50. The summed E-state index contributed by atoms with van der Waals surface area (Å²) in [7, 11) is 1.77. The number of thioether (sulfide) groups is 1. The molecule has 18 heavy (non-hydrogen) atoms. The van der Waals surface area contributed by atoms with Gasteiger partial charge in [-0.25, -0.2) is 4.98 Å². The molecule has 0 bridgehead atoms. The number of nitrogens with zero attached hydrogens (tertiary/aromatic N) is 2. The number of likely N-dealkylation sites (N-methyl/N-ethyl adjacent to an activating group) is 1. The van der Waals surface area contributed by atoms with Crippen LogP contribution in [-0.2, 0) is 9.53 Å². The molecule has 0 aliphatic carbocycles. The van der Waals surface area contributed by atoms with E-state index >= 15 is 0 Å². The van der Waals surface area contributed by atoms with E-state index in [1.807, 2.05) is 13.8 Å². The monoisotopic (exact) mass is 269 g/mol. The molecule has 0 saturated heterocycles. The quantitative estimate of drug-likeness (QED) is 0.598. The number of ether oxygens (including phenoxy) is 1. The van der Waals surface area contributed by atoms with Gasteiger partial charge >= 0.3 is 5.97 Å². The third-order valence-corrected chi connectivity index (χ3v) is 3.58. The molecule has 0 saturated carbocycles. The Kier molecular flexibility index (Phi) is 6.07. The van der Waals surface area contributed by atoms with Gasteiger partial charge in [-0.05, 0) is 27.3 Å². The normalized spacial score (nSPS) is 13.9. The molecule has 0 spiro atoms. The second kappa shape index (κ2) is 7.33. The minimum Gasteiger partial charge on any atom is -0.465 e. The number of hydrogen-bond donors (Lipinski definition) is 1. The van der Waals surface area contributed by atoms with E-state index in [2.05, 4.69) is 15.3 Å². The van der Waals surface area contributed by atoms with E-state index < -0.39 is 5.54 Å². The molecule has 100 valence electrons. The van der Waals surface area contributed by atoms with Crippen molar-refractivity contribution < 1.29 is 9.53 Å². The van der Waals surface area contributed by atoms with Crippen molar-refractivity contribution in [2.24, 2.45) is 0 Å². The molecule has 1 unspecified atom stereocenters. The van der Waals surface area contributed by atoms with Crippen molar-refractivity contribution in [1.82, 2.24) is 15.3 Å². The smallest absolute Gasteiger partial charge is 0.326 e. The summed E-state index contributed by atoms with van der Waals surface area (Å²) in [5, 5.41) is 3.89. The largest absolute Gasteiger partial charge is 0.465 e. The third kappa shape index (κ3) is 4.27. The van der Waals surface area contributed by atoms with Crippen LogP contribution in [0.5, 0.6) is 0 Å². The second-order valence-electron chi connectivity index (χ2n) is 3.94. The summed E-state index contributed by atoms with van der Waals surface area (Å²) in [4.78, 5) is 20.0. The Hall–Kier alpha value is -1.14. The minimum absolute atomic E-state index is 0.216. The first-order valence-electron chi connectivity index (χ1n) is 5.87. The van der Waals surface area contributed by atoms with Crippen LogP contribution in [0, 0.1) is 0 Å². The Labute approximate surface area is 112 Å². The molecule has 6 heteroatoms. The SMILES string of the molecule is CCOC(=O)C(C)(CCSc1cnccn1)NC. The van der Waals surface area contributed by atoms with Gasteiger partial charge in [0, 0.05) is 18.1 Å². The van der Waals surface area contributed by atoms with Crippen LogP contribution in [0.25, 0.3) is 0 Å². The molecule has 1 aromatic rings. The first kappa shape index (κ1) is 14.9. The minimum atomic E-state index is -0.648. The van der Waals surface area contributed by atoms with Gasteiger partial charge in [-0.2, -0.15) is 0 Å². The van der Waals surface area contributed by atoms with Crippen LogP contribution in [0.2, 0.25) is 0 Å². The number of aromatic nitrogens is 2. The van der Waals surface area contributed by atoms with Crippen LogP contribution >= 0.6 is 11.8 Å². The molecule has 1 rings (SSSR count). The van der Waals surface area contributed by atoms with Gasteiger partial charge in [-0.1, -0.05) is 0 Å². The highest BCUT2D eigenvalue weighted by Gasteiger charge is 2.32. The van der Waals surface area contributed by atoms with Crippen molar-refractivity contribution in [3.8, 4) is 0 Å². The number of rotatable bonds is 7. The molecule has 0 aliphatic heterocycles. The first-order valence-corrected chi connectivity index (χ1v) is 6.86. The summed E-state index contributed by atoms with van der Waals surface area (Å²) < 4.78 is 5.06. The molecule has 0 fully saturated rings. The molecule has 1 N–H and O–H groups in total. The lowest BCUT2D eigenvalue weighted by Crippen LogP contribution is -2.49. The van der Waals surface area contributed by atoms with Crippen molar-refractivity contribution in [3.05, 3.63) is 18.6 Å². The fourth-order valence-corrected chi connectivity index (χ4v) is 2.33. The zero-order valence-corrected chi connectivity index (χ0v) is 11.8. The molecule has 0 aromatic carbocycles. The zero-order valence-electron chi connectivity index (χ0n) is 11.0. The van der Waals surface area contributed by atoms with E-state index in [0.29, 0.717) is 13.0 Å². The van der Waals surface area contributed by atoms with Crippen LogP contribution in [0.15, 0.2) is 23.6 Å². The molecule has 0 radical (unpaired) electrons.